The van der Waals surface area contributed by atoms with Crippen LogP contribution in [0.1, 0.15) is 26.2 Å². The van der Waals surface area contributed by atoms with E-state index in [1.54, 1.807) is 0 Å². The average molecular weight is 480 g/mol. The number of carbonyl (C=O) groups excluding carboxylic acids is 3. The van der Waals surface area contributed by atoms with Gasteiger partial charge in [0.1, 0.15) is 18.1 Å². The van der Waals surface area contributed by atoms with Crippen molar-refractivity contribution in [3.8, 4) is 0 Å². The molecule has 31 heavy (non-hydrogen) atoms. The molecule has 4 atom stereocenters. The third-order valence-electron chi connectivity index (χ3n) is 4.09. The molecule has 0 aliphatic heterocycles. The molecule has 0 rings (SSSR count). The van der Waals surface area contributed by atoms with Crippen LogP contribution in [-0.2, 0) is 19.2 Å². The van der Waals surface area contributed by atoms with E-state index in [-0.39, 0.29) is 18.1 Å². The number of nitrogens with one attached hydrogen (secondary N) is 3. The highest BCUT2D eigenvalue weighted by Gasteiger charge is 2.28. The summed E-state index contributed by atoms with van der Waals surface area (Å²) in [7, 11) is 0. The number of hydrogen-bond donors (Lipinski definition) is 8. The number of aliphatic carboxylic acids is 1. The lowest BCUT2D eigenvalue weighted by molar-refractivity contribution is -0.141. The first-order valence-electron chi connectivity index (χ1n) is 9.58. The number of amides is 3. The summed E-state index contributed by atoms with van der Waals surface area (Å²) in [5.41, 5.74) is 16.3. The van der Waals surface area contributed by atoms with Crippen LogP contribution in [-0.4, -0.2) is 83.2 Å². The zero-order valence-corrected chi connectivity index (χ0v) is 19.4. The maximum Gasteiger partial charge on any atom is 0.325 e. The van der Waals surface area contributed by atoms with Crippen LogP contribution in [0.3, 0.4) is 0 Å². The Morgan fingerprint density at radius 2 is 1.61 bits per heavy atom. The Bertz CT molecular complexity index is 646. The fourth-order valence-electron chi connectivity index (χ4n) is 2.28. The average Bonchev–Trinajstić information content (AvgIpc) is 2.71. The summed E-state index contributed by atoms with van der Waals surface area (Å²) in [4.78, 5) is 52.0. The molecule has 0 heterocycles. The Hall–Kier alpha value is -2.19. The van der Waals surface area contributed by atoms with Gasteiger partial charge in [0.25, 0.3) is 0 Å². The Kier molecular flexibility index (Phi) is 14.5. The predicted octanol–water partition coefficient (Wildman–Crippen LogP) is -2.39. The molecular weight excluding hydrogens is 446 g/mol. The van der Waals surface area contributed by atoms with Gasteiger partial charge in [-0.2, -0.15) is 24.4 Å². The molecule has 0 unspecified atom stereocenters. The Morgan fingerprint density at radius 1 is 1.03 bits per heavy atom. The van der Waals surface area contributed by atoms with Gasteiger partial charge in [-0.1, -0.05) is 0 Å². The molecule has 0 aromatic heterocycles. The van der Waals surface area contributed by atoms with Crippen molar-refractivity contribution in [2.45, 2.75) is 50.4 Å². The van der Waals surface area contributed by atoms with Gasteiger partial charge in [0.2, 0.25) is 17.7 Å². The van der Waals surface area contributed by atoms with Crippen LogP contribution in [0.25, 0.3) is 0 Å². The molecule has 14 heteroatoms. The first-order chi connectivity index (χ1) is 14.5. The SMILES string of the molecule is CSCC[C@H](NC(=O)[C@H](CS)NC(=O)[C@@H](N)CCCN=C(N)N)C(=O)N[C@@H](C)C(=O)O. The van der Waals surface area contributed by atoms with E-state index < -0.39 is 47.9 Å². The van der Waals surface area contributed by atoms with Gasteiger partial charge < -0.3 is 38.3 Å². The largest absolute Gasteiger partial charge is 0.480 e. The minimum Gasteiger partial charge on any atom is -0.480 e. The van der Waals surface area contributed by atoms with Crippen molar-refractivity contribution in [2.75, 3.05) is 24.3 Å². The first-order valence-corrected chi connectivity index (χ1v) is 11.6. The molecule has 0 spiro atoms. The van der Waals surface area contributed by atoms with E-state index in [2.05, 4.69) is 33.6 Å². The molecule has 0 aromatic carbocycles. The van der Waals surface area contributed by atoms with Gasteiger partial charge in [-0.05, 0) is 38.2 Å². The van der Waals surface area contributed by atoms with Gasteiger partial charge in [0.05, 0.1) is 6.04 Å². The molecule has 0 radical (unpaired) electrons. The van der Waals surface area contributed by atoms with E-state index in [4.69, 9.17) is 22.3 Å². The lowest BCUT2D eigenvalue weighted by Crippen LogP contribution is -2.57. The van der Waals surface area contributed by atoms with Crippen molar-refractivity contribution >= 4 is 54.0 Å². The normalized spacial score (nSPS) is 14.5. The van der Waals surface area contributed by atoms with Gasteiger partial charge in [-0.25, -0.2) is 0 Å². The van der Waals surface area contributed by atoms with Crippen LogP contribution in [0, 0.1) is 0 Å². The van der Waals surface area contributed by atoms with Gasteiger partial charge in [-0.15, -0.1) is 0 Å². The summed E-state index contributed by atoms with van der Waals surface area (Å²) in [5, 5.41) is 16.3. The molecule has 178 valence electrons. The predicted molar refractivity (Wildman–Crippen MR) is 124 cm³/mol. The maximum absolute atomic E-state index is 12.6. The smallest absolute Gasteiger partial charge is 0.325 e. The number of hydrogen-bond acceptors (Lipinski definition) is 8. The summed E-state index contributed by atoms with van der Waals surface area (Å²) in [6, 6.07) is -3.98. The van der Waals surface area contributed by atoms with Gasteiger partial charge in [-0.3, -0.25) is 24.2 Å². The van der Waals surface area contributed by atoms with Crippen LogP contribution in [0.4, 0.5) is 0 Å². The Morgan fingerprint density at radius 3 is 2.13 bits per heavy atom. The van der Waals surface area contributed by atoms with Crippen molar-refractivity contribution in [1.29, 1.82) is 0 Å². The fraction of sp³-hybridized carbons (Fsp3) is 0.706. The molecule has 0 aliphatic carbocycles. The summed E-state index contributed by atoms with van der Waals surface area (Å²) < 4.78 is 0. The fourth-order valence-corrected chi connectivity index (χ4v) is 3.00. The number of thiol groups is 1. The summed E-state index contributed by atoms with van der Waals surface area (Å²) in [5.74, 6) is -2.53. The molecule has 3 amide bonds. The number of carboxylic acid groups (broad SMARTS) is 1. The molecule has 0 fully saturated rings. The number of guanidine groups is 1. The molecule has 0 saturated heterocycles. The second-order valence-electron chi connectivity index (χ2n) is 6.71. The van der Waals surface area contributed by atoms with Crippen molar-refractivity contribution in [3.63, 3.8) is 0 Å². The van der Waals surface area contributed by atoms with Crippen molar-refractivity contribution < 1.29 is 24.3 Å². The topological polar surface area (TPSA) is 215 Å². The molecule has 0 aromatic rings. The number of nitrogens with zero attached hydrogens (tertiary/aromatic N) is 1. The van der Waals surface area contributed by atoms with E-state index in [9.17, 15) is 19.2 Å². The number of rotatable bonds is 15. The number of carbonyl (C=O) groups is 4. The van der Waals surface area contributed by atoms with Crippen molar-refractivity contribution in [3.05, 3.63) is 0 Å². The molecule has 10 N–H and O–H groups in total. The van der Waals surface area contributed by atoms with Gasteiger partial charge in [0.15, 0.2) is 5.96 Å². The highest BCUT2D eigenvalue weighted by Crippen LogP contribution is 2.04. The van der Waals surface area contributed by atoms with E-state index in [1.807, 2.05) is 6.26 Å². The van der Waals surface area contributed by atoms with Crippen LogP contribution < -0.4 is 33.2 Å². The Balaban J connectivity index is 4.91. The maximum atomic E-state index is 12.6. The van der Waals surface area contributed by atoms with Crippen LogP contribution in [0.5, 0.6) is 0 Å². The summed E-state index contributed by atoms with van der Waals surface area (Å²) in [6.45, 7) is 1.64. The molecular formula is C17H33N7O5S2. The molecule has 0 bridgehead atoms. The lowest BCUT2D eigenvalue weighted by Gasteiger charge is -2.23. The third-order valence-corrected chi connectivity index (χ3v) is 5.10. The number of carboxylic acids is 1. The van der Waals surface area contributed by atoms with Crippen molar-refractivity contribution in [1.82, 2.24) is 16.0 Å². The lowest BCUT2D eigenvalue weighted by atomic mass is 10.1. The highest BCUT2D eigenvalue weighted by atomic mass is 32.2. The van der Waals surface area contributed by atoms with Crippen LogP contribution in [0.2, 0.25) is 0 Å². The zero-order valence-electron chi connectivity index (χ0n) is 17.7. The van der Waals surface area contributed by atoms with E-state index in [0.29, 0.717) is 25.1 Å². The molecule has 0 saturated carbocycles. The molecule has 12 nitrogen and oxygen atoms in total. The van der Waals surface area contributed by atoms with E-state index >= 15 is 0 Å². The minimum absolute atomic E-state index is 0.0271. The monoisotopic (exact) mass is 479 g/mol. The first kappa shape index (κ1) is 28.8. The standard InChI is InChI=1S/C17H33N7O5S2/c1-9(16(28)29)22-14(26)11(5-7-31-2)23-15(27)12(8-30)24-13(25)10(18)4-3-6-21-17(19)20/h9-12,30H,3-8,18H2,1-2H3,(H,22,26)(H,23,27)(H,24,25)(H,28,29)(H4,19,20,21)/t9-,10-,11-,12-/m0/s1. The van der Waals surface area contributed by atoms with E-state index in [1.165, 1.54) is 18.7 Å². The number of thioether (sulfide) groups is 1. The van der Waals surface area contributed by atoms with Gasteiger partial charge in [0, 0.05) is 12.3 Å². The Labute approximate surface area is 191 Å². The van der Waals surface area contributed by atoms with Gasteiger partial charge >= 0.3 is 5.97 Å². The quantitative estimate of drug-likeness (QED) is 0.0543. The summed E-state index contributed by atoms with van der Waals surface area (Å²) in [6.07, 6.45) is 2.89. The van der Waals surface area contributed by atoms with E-state index in [0.717, 1.165) is 0 Å². The minimum atomic E-state index is -1.20. The van der Waals surface area contributed by atoms with Crippen molar-refractivity contribution in [2.24, 2.45) is 22.2 Å². The highest BCUT2D eigenvalue weighted by molar-refractivity contribution is 7.98. The summed E-state index contributed by atoms with van der Waals surface area (Å²) >= 11 is 5.55. The number of nitrogens with two attached hydrogens (primary N) is 3. The van der Waals surface area contributed by atoms with Crippen LogP contribution >= 0.6 is 24.4 Å². The second kappa shape index (κ2) is 15.6. The third kappa shape index (κ3) is 12.3. The second-order valence-corrected chi connectivity index (χ2v) is 8.06. The molecule has 0 aliphatic rings. The van der Waals surface area contributed by atoms with Crippen LogP contribution in [0.15, 0.2) is 4.99 Å². The number of aliphatic imine (C=N–C) groups is 1. The zero-order chi connectivity index (χ0) is 24.0.